The van der Waals surface area contributed by atoms with Crippen LogP contribution in [0.2, 0.25) is 0 Å². The van der Waals surface area contributed by atoms with Crippen molar-refractivity contribution in [2.24, 2.45) is 0 Å². The predicted octanol–water partition coefficient (Wildman–Crippen LogP) is 1.10. The molecule has 0 saturated carbocycles. The Kier molecular flexibility index (Phi) is 4.18. The smallest absolute Gasteiger partial charge is 0.276 e. The van der Waals surface area contributed by atoms with Crippen molar-refractivity contribution in [3.05, 3.63) is 48.4 Å². The largest absolute Gasteiger partial charge is 0.477 e. The number of tetrazole rings is 1. The molecule has 2 aromatic heterocycles. The Morgan fingerprint density at radius 1 is 1.17 bits per heavy atom. The highest BCUT2D eigenvalue weighted by molar-refractivity contribution is 6.02. The number of hydrogen-bond acceptors (Lipinski definition) is 7. The third-order valence-electron chi connectivity index (χ3n) is 2.90. The van der Waals surface area contributed by atoms with E-state index in [4.69, 9.17) is 4.74 Å². The van der Waals surface area contributed by atoms with Gasteiger partial charge in [0.2, 0.25) is 5.88 Å². The van der Waals surface area contributed by atoms with E-state index >= 15 is 0 Å². The summed E-state index contributed by atoms with van der Waals surface area (Å²) in [5.74, 6) is 0.0329. The van der Waals surface area contributed by atoms with Crippen LogP contribution in [-0.4, -0.2) is 42.9 Å². The number of anilines is 1. The molecule has 9 nitrogen and oxygen atoms in total. The number of aromatic nitrogens is 6. The van der Waals surface area contributed by atoms with E-state index in [0.29, 0.717) is 18.2 Å². The number of hydrogen-bond donors (Lipinski definition) is 1. The van der Waals surface area contributed by atoms with Crippen LogP contribution in [0.4, 0.5) is 5.69 Å². The Morgan fingerprint density at radius 2 is 2.00 bits per heavy atom. The average Bonchev–Trinajstić information content (AvgIpc) is 3.11. The first-order valence-corrected chi connectivity index (χ1v) is 6.87. The Bertz CT molecular complexity index is 770. The van der Waals surface area contributed by atoms with E-state index in [-0.39, 0.29) is 11.6 Å². The molecule has 0 unspecified atom stereocenters. The molecule has 0 fully saturated rings. The summed E-state index contributed by atoms with van der Waals surface area (Å²) in [4.78, 5) is 12.1. The van der Waals surface area contributed by atoms with Crippen LogP contribution in [0.15, 0.2) is 42.7 Å². The average molecular weight is 311 g/mol. The van der Waals surface area contributed by atoms with Crippen LogP contribution >= 0.6 is 0 Å². The maximum Gasteiger partial charge on any atom is 0.276 e. The molecule has 0 saturated heterocycles. The lowest BCUT2D eigenvalue weighted by atomic mass is 10.2. The first-order chi connectivity index (χ1) is 11.3. The second-order valence-corrected chi connectivity index (χ2v) is 4.45. The normalized spacial score (nSPS) is 10.3. The summed E-state index contributed by atoms with van der Waals surface area (Å²) in [6, 6.07) is 10.2. The van der Waals surface area contributed by atoms with Crippen LogP contribution < -0.4 is 10.1 Å². The number of amides is 1. The minimum absolute atomic E-state index is 0.206. The maximum absolute atomic E-state index is 12.1. The summed E-state index contributed by atoms with van der Waals surface area (Å²) in [6.45, 7) is 2.34. The van der Waals surface area contributed by atoms with E-state index in [1.807, 2.05) is 6.92 Å². The zero-order valence-electron chi connectivity index (χ0n) is 12.2. The molecule has 0 bridgehead atoms. The number of carbonyl (C=O) groups excluding carboxylic acids is 1. The highest BCUT2D eigenvalue weighted by atomic mass is 16.5. The second-order valence-electron chi connectivity index (χ2n) is 4.45. The van der Waals surface area contributed by atoms with E-state index in [0.717, 1.165) is 5.69 Å². The summed E-state index contributed by atoms with van der Waals surface area (Å²) >= 11 is 0. The second kappa shape index (κ2) is 6.60. The van der Waals surface area contributed by atoms with Gasteiger partial charge >= 0.3 is 0 Å². The standard InChI is InChI=1S/C14H13N7O2/c1-2-23-13-8-7-12(17-18-13)14(22)16-10-3-5-11(6-4-10)21-9-15-19-20-21/h3-9H,2H2,1H3,(H,16,22). The van der Waals surface area contributed by atoms with Gasteiger partial charge in [0.1, 0.15) is 6.33 Å². The van der Waals surface area contributed by atoms with E-state index in [2.05, 4.69) is 31.0 Å². The SMILES string of the molecule is CCOc1ccc(C(=O)Nc2ccc(-n3cnnn3)cc2)nn1. The highest BCUT2D eigenvalue weighted by Gasteiger charge is 2.09. The third-order valence-corrected chi connectivity index (χ3v) is 2.90. The Morgan fingerprint density at radius 3 is 2.61 bits per heavy atom. The van der Waals surface area contributed by atoms with Gasteiger partial charge in [-0.05, 0) is 47.7 Å². The van der Waals surface area contributed by atoms with Gasteiger partial charge in [-0.3, -0.25) is 4.79 Å². The number of nitrogens with one attached hydrogen (secondary N) is 1. The maximum atomic E-state index is 12.1. The Hall–Kier alpha value is -3.36. The summed E-state index contributed by atoms with van der Waals surface area (Å²) < 4.78 is 6.70. The van der Waals surface area contributed by atoms with Crippen molar-refractivity contribution in [1.82, 2.24) is 30.4 Å². The molecular formula is C14H13N7O2. The van der Waals surface area contributed by atoms with E-state index in [1.165, 1.54) is 11.0 Å². The molecule has 3 aromatic rings. The number of benzene rings is 1. The number of rotatable bonds is 5. The van der Waals surface area contributed by atoms with Gasteiger partial charge in [0.05, 0.1) is 12.3 Å². The highest BCUT2D eigenvalue weighted by Crippen LogP contribution is 2.13. The summed E-state index contributed by atoms with van der Waals surface area (Å²) in [5, 5.41) is 21.3. The van der Waals surface area contributed by atoms with Gasteiger partial charge in [0.15, 0.2) is 5.69 Å². The molecule has 1 N–H and O–H groups in total. The summed E-state index contributed by atoms with van der Waals surface area (Å²) in [7, 11) is 0. The van der Waals surface area contributed by atoms with E-state index < -0.39 is 0 Å². The molecular weight excluding hydrogens is 298 g/mol. The van der Waals surface area contributed by atoms with Crippen LogP contribution in [0.1, 0.15) is 17.4 Å². The lowest BCUT2D eigenvalue weighted by Gasteiger charge is -2.06. The van der Waals surface area contributed by atoms with Crippen molar-refractivity contribution in [2.75, 3.05) is 11.9 Å². The molecule has 0 aliphatic heterocycles. The third kappa shape index (κ3) is 3.46. The molecule has 0 aliphatic carbocycles. The fourth-order valence-electron chi connectivity index (χ4n) is 1.84. The van der Waals surface area contributed by atoms with E-state index in [9.17, 15) is 4.79 Å². The van der Waals surface area contributed by atoms with Crippen LogP contribution in [0.3, 0.4) is 0 Å². The number of ether oxygens (including phenoxy) is 1. The van der Waals surface area contributed by atoms with E-state index in [1.54, 1.807) is 36.4 Å². The van der Waals surface area contributed by atoms with Crippen molar-refractivity contribution < 1.29 is 9.53 Å². The first kappa shape index (κ1) is 14.6. The number of carbonyl (C=O) groups is 1. The minimum atomic E-state index is -0.351. The minimum Gasteiger partial charge on any atom is -0.477 e. The van der Waals surface area contributed by atoms with Crippen LogP contribution in [-0.2, 0) is 0 Å². The zero-order valence-corrected chi connectivity index (χ0v) is 12.2. The van der Waals surface area contributed by atoms with Gasteiger partial charge in [-0.2, -0.15) is 0 Å². The van der Waals surface area contributed by atoms with Crippen molar-refractivity contribution in [3.8, 4) is 11.6 Å². The fraction of sp³-hybridized carbons (Fsp3) is 0.143. The molecule has 0 radical (unpaired) electrons. The zero-order chi connectivity index (χ0) is 16.1. The molecule has 9 heteroatoms. The molecule has 0 atom stereocenters. The van der Waals surface area contributed by atoms with Gasteiger partial charge in [-0.15, -0.1) is 15.3 Å². The topological polar surface area (TPSA) is 108 Å². The van der Waals surface area contributed by atoms with Crippen molar-refractivity contribution >= 4 is 11.6 Å². The summed E-state index contributed by atoms with van der Waals surface area (Å²) in [6.07, 6.45) is 1.49. The van der Waals surface area contributed by atoms with Crippen LogP contribution in [0, 0.1) is 0 Å². The Balaban J connectivity index is 1.67. The lowest BCUT2D eigenvalue weighted by Crippen LogP contribution is -2.14. The molecule has 2 heterocycles. The summed E-state index contributed by atoms with van der Waals surface area (Å²) in [5.41, 5.74) is 1.62. The molecule has 23 heavy (non-hydrogen) atoms. The van der Waals surface area contributed by atoms with Gasteiger partial charge in [-0.25, -0.2) is 4.68 Å². The van der Waals surface area contributed by atoms with Crippen molar-refractivity contribution in [1.29, 1.82) is 0 Å². The molecule has 3 rings (SSSR count). The molecule has 1 amide bonds. The Labute approximate surface area is 131 Å². The van der Waals surface area contributed by atoms with Gasteiger partial charge in [0, 0.05) is 11.8 Å². The van der Waals surface area contributed by atoms with Gasteiger partial charge in [-0.1, -0.05) is 0 Å². The van der Waals surface area contributed by atoms with Crippen molar-refractivity contribution in [3.63, 3.8) is 0 Å². The first-order valence-electron chi connectivity index (χ1n) is 6.87. The lowest BCUT2D eigenvalue weighted by molar-refractivity contribution is 0.102. The van der Waals surface area contributed by atoms with Crippen LogP contribution in [0.5, 0.6) is 5.88 Å². The van der Waals surface area contributed by atoms with Crippen LogP contribution in [0.25, 0.3) is 5.69 Å². The van der Waals surface area contributed by atoms with Gasteiger partial charge in [0.25, 0.3) is 5.91 Å². The molecule has 1 aromatic carbocycles. The monoisotopic (exact) mass is 311 g/mol. The fourth-order valence-corrected chi connectivity index (χ4v) is 1.84. The number of nitrogens with zero attached hydrogens (tertiary/aromatic N) is 6. The molecule has 0 aliphatic rings. The molecule has 116 valence electrons. The van der Waals surface area contributed by atoms with Crippen molar-refractivity contribution in [2.45, 2.75) is 6.92 Å². The molecule has 0 spiro atoms. The quantitative estimate of drug-likeness (QED) is 0.751. The van der Waals surface area contributed by atoms with Gasteiger partial charge < -0.3 is 10.1 Å². The predicted molar refractivity (Wildman–Crippen MR) is 80.3 cm³/mol.